The molecule has 1 heterocycles. The van der Waals surface area contributed by atoms with Gasteiger partial charge in [0, 0.05) is 36.1 Å². The molecular weight excluding hydrogens is 406 g/mol. The van der Waals surface area contributed by atoms with Gasteiger partial charge in [-0.1, -0.05) is 35.3 Å². The van der Waals surface area contributed by atoms with Crippen molar-refractivity contribution in [2.75, 3.05) is 6.54 Å². The maximum atomic E-state index is 13.8. The molecule has 0 amide bonds. The van der Waals surface area contributed by atoms with Crippen LogP contribution in [0.15, 0.2) is 42.6 Å². The smallest absolute Gasteiger partial charge is 0.138 e. The molecule has 7 heteroatoms. The molecular formula is C20H19Cl2FN2OS. The predicted molar refractivity (Wildman–Crippen MR) is 109 cm³/mol. The third-order valence-corrected chi connectivity index (χ3v) is 5.57. The maximum absolute atomic E-state index is 13.8. The van der Waals surface area contributed by atoms with E-state index in [1.807, 2.05) is 18.3 Å². The molecule has 0 atom stereocenters. The minimum Gasteiger partial charge on any atom is -0.487 e. The molecule has 0 radical (unpaired) electrons. The lowest BCUT2D eigenvalue weighted by atomic mass is 10.2. The lowest BCUT2D eigenvalue weighted by Gasteiger charge is -2.11. The highest BCUT2D eigenvalue weighted by Gasteiger charge is 2.10. The van der Waals surface area contributed by atoms with Crippen LogP contribution < -0.4 is 10.1 Å². The van der Waals surface area contributed by atoms with E-state index in [0.717, 1.165) is 23.5 Å². The highest BCUT2D eigenvalue weighted by molar-refractivity contribution is 7.11. The Bertz CT molecular complexity index is 896. The third-order valence-electron chi connectivity index (χ3n) is 3.94. The average molecular weight is 425 g/mol. The molecule has 3 aromatic rings. The van der Waals surface area contributed by atoms with Crippen LogP contribution >= 0.6 is 34.5 Å². The zero-order valence-corrected chi connectivity index (χ0v) is 17.1. The molecule has 2 aromatic carbocycles. The lowest BCUT2D eigenvalue weighted by molar-refractivity contribution is 0.300. The second-order valence-electron chi connectivity index (χ2n) is 6.05. The molecule has 0 bridgehead atoms. The van der Waals surface area contributed by atoms with Gasteiger partial charge >= 0.3 is 0 Å². The van der Waals surface area contributed by atoms with Gasteiger partial charge in [0.1, 0.15) is 18.2 Å². The van der Waals surface area contributed by atoms with Crippen LogP contribution in [0.3, 0.4) is 0 Å². The number of aryl methyl sites for hydroxylation is 1. The van der Waals surface area contributed by atoms with Crippen molar-refractivity contribution in [3.63, 3.8) is 0 Å². The first-order valence-electron chi connectivity index (χ1n) is 8.49. The van der Waals surface area contributed by atoms with Crippen molar-refractivity contribution in [3.05, 3.63) is 79.5 Å². The second kappa shape index (κ2) is 9.51. The lowest BCUT2D eigenvalue weighted by Crippen LogP contribution is -2.16. The number of benzene rings is 2. The summed E-state index contributed by atoms with van der Waals surface area (Å²) in [5.41, 5.74) is 1.37. The summed E-state index contributed by atoms with van der Waals surface area (Å²) in [7, 11) is 0. The number of nitrogens with zero attached hydrogens (tertiary/aromatic N) is 1. The molecule has 0 aliphatic rings. The molecule has 0 unspecified atom stereocenters. The first-order valence-corrected chi connectivity index (χ1v) is 10.1. The zero-order valence-electron chi connectivity index (χ0n) is 14.8. The Kier molecular flexibility index (Phi) is 7.07. The van der Waals surface area contributed by atoms with E-state index in [1.165, 1.54) is 10.9 Å². The van der Waals surface area contributed by atoms with E-state index in [1.54, 1.807) is 29.5 Å². The topological polar surface area (TPSA) is 34.2 Å². The van der Waals surface area contributed by atoms with E-state index in [0.29, 0.717) is 27.9 Å². The van der Waals surface area contributed by atoms with Crippen LogP contribution in [0.25, 0.3) is 0 Å². The number of thiazole rings is 1. The predicted octanol–water partition coefficient (Wildman–Crippen LogP) is 5.81. The van der Waals surface area contributed by atoms with Gasteiger partial charge in [0.15, 0.2) is 0 Å². The SMILES string of the molecule is Cc1cnc(CCNCc2ccc(OCc3c(F)cccc3Cl)c(Cl)c2)s1. The summed E-state index contributed by atoms with van der Waals surface area (Å²) in [6, 6.07) is 10.1. The highest BCUT2D eigenvalue weighted by atomic mass is 35.5. The van der Waals surface area contributed by atoms with Crippen molar-refractivity contribution >= 4 is 34.5 Å². The van der Waals surface area contributed by atoms with E-state index >= 15 is 0 Å². The van der Waals surface area contributed by atoms with Crippen molar-refractivity contribution in [2.24, 2.45) is 0 Å². The molecule has 3 rings (SSSR count). The Balaban J connectivity index is 1.51. The fourth-order valence-electron chi connectivity index (χ4n) is 2.54. The van der Waals surface area contributed by atoms with Gasteiger partial charge < -0.3 is 10.1 Å². The van der Waals surface area contributed by atoms with Crippen LogP contribution in [-0.4, -0.2) is 11.5 Å². The van der Waals surface area contributed by atoms with E-state index in [9.17, 15) is 4.39 Å². The van der Waals surface area contributed by atoms with Crippen molar-refractivity contribution in [3.8, 4) is 5.75 Å². The van der Waals surface area contributed by atoms with Gasteiger partial charge in [-0.05, 0) is 36.8 Å². The first-order chi connectivity index (χ1) is 13.0. The molecule has 27 heavy (non-hydrogen) atoms. The number of hydrogen-bond donors (Lipinski definition) is 1. The molecule has 142 valence electrons. The Labute approximate surface area is 172 Å². The quantitative estimate of drug-likeness (QED) is 0.463. The summed E-state index contributed by atoms with van der Waals surface area (Å²) in [5.74, 6) is 0.105. The van der Waals surface area contributed by atoms with Gasteiger partial charge in [0.05, 0.1) is 15.1 Å². The summed E-state index contributed by atoms with van der Waals surface area (Å²) in [6.07, 6.45) is 2.80. The first kappa shape index (κ1) is 20.1. The normalized spacial score (nSPS) is 11.0. The summed E-state index contributed by atoms with van der Waals surface area (Å²) >= 11 is 14.0. The van der Waals surface area contributed by atoms with Crippen molar-refractivity contribution in [1.29, 1.82) is 0 Å². The minimum atomic E-state index is -0.394. The number of nitrogens with one attached hydrogen (secondary N) is 1. The van der Waals surface area contributed by atoms with Crippen LogP contribution in [-0.2, 0) is 19.6 Å². The Morgan fingerprint density at radius 1 is 1.19 bits per heavy atom. The maximum Gasteiger partial charge on any atom is 0.138 e. The number of aromatic nitrogens is 1. The summed E-state index contributed by atoms with van der Waals surface area (Å²) in [5, 5.41) is 5.33. The van der Waals surface area contributed by atoms with Gasteiger partial charge in [-0.2, -0.15) is 0 Å². The van der Waals surface area contributed by atoms with Gasteiger partial charge in [-0.25, -0.2) is 9.37 Å². The molecule has 1 aromatic heterocycles. The zero-order chi connectivity index (χ0) is 19.2. The number of rotatable bonds is 8. The van der Waals surface area contributed by atoms with Gasteiger partial charge in [-0.3, -0.25) is 0 Å². The Morgan fingerprint density at radius 3 is 2.74 bits per heavy atom. The minimum absolute atomic E-state index is 0.0239. The van der Waals surface area contributed by atoms with Crippen molar-refractivity contribution in [2.45, 2.75) is 26.5 Å². The Morgan fingerprint density at radius 2 is 2.04 bits per heavy atom. The van der Waals surface area contributed by atoms with Crippen molar-refractivity contribution < 1.29 is 9.13 Å². The van der Waals surface area contributed by atoms with Crippen LogP contribution in [0, 0.1) is 12.7 Å². The monoisotopic (exact) mass is 424 g/mol. The second-order valence-corrected chi connectivity index (χ2v) is 8.18. The van der Waals surface area contributed by atoms with Crippen LogP contribution in [0.1, 0.15) is 21.0 Å². The number of hydrogen-bond acceptors (Lipinski definition) is 4. The Hall–Kier alpha value is -1.66. The molecule has 0 fully saturated rings. The van der Waals surface area contributed by atoms with E-state index in [4.69, 9.17) is 27.9 Å². The van der Waals surface area contributed by atoms with Crippen LogP contribution in [0.4, 0.5) is 4.39 Å². The van der Waals surface area contributed by atoms with Crippen molar-refractivity contribution in [1.82, 2.24) is 10.3 Å². The molecule has 1 N–H and O–H groups in total. The molecule has 0 aliphatic heterocycles. The van der Waals surface area contributed by atoms with E-state index in [2.05, 4.69) is 17.2 Å². The average Bonchev–Trinajstić information content (AvgIpc) is 3.05. The summed E-state index contributed by atoms with van der Waals surface area (Å²) in [4.78, 5) is 5.57. The number of ether oxygens (including phenoxy) is 1. The van der Waals surface area contributed by atoms with E-state index in [-0.39, 0.29) is 6.61 Å². The fourth-order valence-corrected chi connectivity index (χ4v) is 3.80. The molecule has 0 saturated heterocycles. The van der Waals surface area contributed by atoms with Crippen LogP contribution in [0.5, 0.6) is 5.75 Å². The van der Waals surface area contributed by atoms with Crippen LogP contribution in [0.2, 0.25) is 10.0 Å². The fraction of sp³-hybridized carbons (Fsp3) is 0.250. The number of halogens is 3. The molecule has 0 aliphatic carbocycles. The summed E-state index contributed by atoms with van der Waals surface area (Å²) < 4.78 is 19.4. The molecule has 3 nitrogen and oxygen atoms in total. The van der Waals surface area contributed by atoms with Gasteiger partial charge in [0.2, 0.25) is 0 Å². The molecule has 0 spiro atoms. The standard InChI is InChI=1S/C20H19Cl2FN2OS/c1-13-10-25-20(27-13)7-8-24-11-14-5-6-19(17(22)9-14)26-12-15-16(21)3-2-4-18(15)23/h2-6,9-10,24H,7-8,11-12H2,1H3. The largest absolute Gasteiger partial charge is 0.487 e. The van der Waals surface area contributed by atoms with Gasteiger partial charge in [-0.15, -0.1) is 11.3 Å². The third kappa shape index (κ3) is 5.66. The summed E-state index contributed by atoms with van der Waals surface area (Å²) in [6.45, 7) is 3.62. The molecule has 0 saturated carbocycles. The highest BCUT2D eigenvalue weighted by Crippen LogP contribution is 2.28. The van der Waals surface area contributed by atoms with E-state index < -0.39 is 5.82 Å². The van der Waals surface area contributed by atoms with Gasteiger partial charge in [0.25, 0.3) is 0 Å².